The minimum Gasteiger partial charge on any atom is -0.208 e. The Morgan fingerprint density at radius 1 is 0.412 bits per heavy atom. The molecule has 4 nitrogen and oxygen atoms in total. The molecule has 236 valence electrons. The molecule has 10 aromatic rings. The Morgan fingerprint density at radius 2 is 0.902 bits per heavy atom. The zero-order valence-electron chi connectivity index (χ0n) is 27.2. The van der Waals surface area contributed by atoms with Crippen molar-refractivity contribution in [2.45, 2.75) is 0 Å². The second-order valence-corrected chi connectivity index (χ2v) is 13.7. The number of thiophene rings is 1. The second-order valence-electron chi connectivity index (χ2n) is 12.7. The predicted molar refractivity (Wildman–Crippen MR) is 212 cm³/mol. The van der Waals surface area contributed by atoms with Gasteiger partial charge in [0.25, 0.3) is 0 Å². The Bertz CT molecular complexity index is 2940. The van der Waals surface area contributed by atoms with Crippen molar-refractivity contribution < 1.29 is 0 Å². The lowest BCUT2D eigenvalue weighted by Crippen LogP contribution is -2.00. The fraction of sp³-hybridized carbons (Fsp3) is 0. The summed E-state index contributed by atoms with van der Waals surface area (Å²) in [6.07, 6.45) is 0. The Morgan fingerprint density at radius 3 is 1.49 bits per heavy atom. The third-order valence-corrected chi connectivity index (χ3v) is 11.0. The highest BCUT2D eigenvalue weighted by Gasteiger charge is 2.20. The van der Waals surface area contributed by atoms with E-state index in [0.29, 0.717) is 23.0 Å². The summed E-state index contributed by atoms with van der Waals surface area (Å²) < 4.78 is 2.04. The van der Waals surface area contributed by atoms with Gasteiger partial charge in [-0.05, 0) is 73.8 Å². The van der Waals surface area contributed by atoms with Crippen LogP contribution in [0.4, 0.5) is 0 Å². The number of hydrogen-bond acceptors (Lipinski definition) is 5. The maximum Gasteiger partial charge on any atom is 0.164 e. The Balaban J connectivity index is 1.21. The first kappa shape index (κ1) is 29.2. The SMILES string of the molecule is N#Cc1ccc(-c2nc(-c3ccccc3)nc(-c3ccccc3)n2)c2c1sc1ccc(-c3ccc4c5ccccc5c5ccccc5c4c3)cc12. The van der Waals surface area contributed by atoms with Crippen molar-refractivity contribution in [3.05, 3.63) is 163 Å². The molecule has 51 heavy (non-hydrogen) atoms. The van der Waals surface area contributed by atoms with Gasteiger partial charge in [-0.3, -0.25) is 0 Å². The molecular weight excluding hydrogens is 641 g/mol. The summed E-state index contributed by atoms with van der Waals surface area (Å²) >= 11 is 1.64. The van der Waals surface area contributed by atoms with Crippen LogP contribution in [0.3, 0.4) is 0 Å². The fourth-order valence-electron chi connectivity index (χ4n) is 7.35. The maximum absolute atomic E-state index is 10.2. The molecule has 0 amide bonds. The van der Waals surface area contributed by atoms with Crippen LogP contribution in [0.5, 0.6) is 0 Å². The number of nitriles is 1. The minimum atomic E-state index is 0.575. The quantitative estimate of drug-likeness (QED) is 0.175. The van der Waals surface area contributed by atoms with Crippen molar-refractivity contribution in [3.8, 4) is 51.4 Å². The lowest BCUT2D eigenvalue weighted by atomic mass is 9.92. The molecule has 2 heterocycles. The molecule has 10 rings (SSSR count). The smallest absolute Gasteiger partial charge is 0.164 e. The van der Waals surface area contributed by atoms with Crippen LogP contribution in [0.1, 0.15) is 5.56 Å². The van der Waals surface area contributed by atoms with Crippen LogP contribution in [-0.2, 0) is 0 Å². The average Bonchev–Trinajstić information content (AvgIpc) is 3.60. The van der Waals surface area contributed by atoms with E-state index in [1.807, 2.05) is 72.8 Å². The van der Waals surface area contributed by atoms with E-state index in [9.17, 15) is 5.26 Å². The Labute approximate surface area is 297 Å². The first-order valence-corrected chi connectivity index (χ1v) is 17.7. The van der Waals surface area contributed by atoms with Crippen LogP contribution in [0.25, 0.3) is 97.8 Å². The van der Waals surface area contributed by atoms with E-state index in [2.05, 4.69) is 91.0 Å². The average molecular weight is 667 g/mol. The molecule has 8 aromatic carbocycles. The molecule has 0 aliphatic carbocycles. The van der Waals surface area contributed by atoms with E-state index in [4.69, 9.17) is 15.0 Å². The van der Waals surface area contributed by atoms with Crippen LogP contribution in [0.2, 0.25) is 0 Å². The summed E-state index contributed by atoms with van der Waals surface area (Å²) in [5, 5.41) is 19.8. The highest BCUT2D eigenvalue weighted by molar-refractivity contribution is 7.26. The van der Waals surface area contributed by atoms with Crippen molar-refractivity contribution in [2.24, 2.45) is 0 Å². The zero-order chi connectivity index (χ0) is 33.9. The van der Waals surface area contributed by atoms with Crippen LogP contribution in [0.15, 0.2) is 158 Å². The van der Waals surface area contributed by atoms with E-state index in [-0.39, 0.29) is 0 Å². The summed E-state index contributed by atoms with van der Waals surface area (Å²) in [7, 11) is 0. The molecule has 0 unspecified atom stereocenters. The Hall–Kier alpha value is -6.74. The number of benzene rings is 8. The van der Waals surface area contributed by atoms with E-state index < -0.39 is 0 Å². The molecule has 0 spiro atoms. The van der Waals surface area contributed by atoms with Crippen LogP contribution in [0, 0.1) is 11.3 Å². The van der Waals surface area contributed by atoms with Gasteiger partial charge in [-0.1, -0.05) is 127 Å². The molecule has 0 saturated carbocycles. The molecule has 0 N–H and O–H groups in total. The molecule has 0 atom stereocenters. The first-order valence-electron chi connectivity index (χ1n) is 16.8. The third kappa shape index (κ3) is 4.77. The van der Waals surface area contributed by atoms with Gasteiger partial charge in [0.15, 0.2) is 17.5 Å². The van der Waals surface area contributed by atoms with Gasteiger partial charge < -0.3 is 0 Å². The van der Waals surface area contributed by atoms with Crippen molar-refractivity contribution in [3.63, 3.8) is 0 Å². The summed E-state index contributed by atoms with van der Waals surface area (Å²) in [5.41, 5.74) is 5.59. The largest absolute Gasteiger partial charge is 0.208 e. The van der Waals surface area contributed by atoms with Crippen LogP contribution in [-0.4, -0.2) is 15.0 Å². The monoisotopic (exact) mass is 666 g/mol. The molecule has 0 aliphatic heterocycles. The molecule has 0 fully saturated rings. The van der Waals surface area contributed by atoms with Gasteiger partial charge in [0.2, 0.25) is 0 Å². The van der Waals surface area contributed by atoms with Gasteiger partial charge in [-0.25, -0.2) is 15.0 Å². The standard InChI is InChI=1S/C46H26N4S/c47-27-32-20-23-38(46-49-44(28-11-3-1-4-12-28)48-45(50-46)29-13-5-2-6-14-29)42-40-26-31(21-24-41(40)51-43(32)42)30-19-22-37-35-17-8-7-15-33(35)34-16-9-10-18-36(34)39(37)25-30/h1-26H. The molecule has 0 radical (unpaired) electrons. The van der Waals surface area contributed by atoms with Gasteiger partial charge in [-0.15, -0.1) is 11.3 Å². The molecule has 0 saturated heterocycles. The topological polar surface area (TPSA) is 62.5 Å². The number of aromatic nitrogens is 3. The fourth-order valence-corrected chi connectivity index (χ4v) is 8.52. The number of nitrogens with zero attached hydrogens (tertiary/aromatic N) is 4. The van der Waals surface area contributed by atoms with Crippen molar-refractivity contribution in [2.75, 3.05) is 0 Å². The van der Waals surface area contributed by atoms with Crippen molar-refractivity contribution in [1.29, 1.82) is 5.26 Å². The zero-order valence-corrected chi connectivity index (χ0v) is 28.0. The summed E-state index contributed by atoms with van der Waals surface area (Å²) in [5.74, 6) is 1.78. The van der Waals surface area contributed by atoms with Gasteiger partial charge in [0, 0.05) is 32.2 Å². The Kier molecular flexibility index (Phi) is 6.70. The van der Waals surface area contributed by atoms with E-state index in [1.165, 1.54) is 32.3 Å². The molecule has 5 heteroatoms. The molecule has 0 aliphatic rings. The van der Waals surface area contributed by atoms with Gasteiger partial charge in [-0.2, -0.15) is 5.26 Å². The summed E-state index contributed by atoms with van der Waals surface area (Å²) in [4.78, 5) is 15.0. The van der Waals surface area contributed by atoms with E-state index in [1.54, 1.807) is 11.3 Å². The second kappa shape index (κ2) is 11.7. The molecule has 0 bridgehead atoms. The van der Waals surface area contributed by atoms with Crippen molar-refractivity contribution >= 4 is 63.8 Å². The highest BCUT2D eigenvalue weighted by atomic mass is 32.1. The minimum absolute atomic E-state index is 0.575. The molecule has 2 aromatic heterocycles. The van der Waals surface area contributed by atoms with Gasteiger partial charge in [0.1, 0.15) is 6.07 Å². The first-order chi connectivity index (χ1) is 25.2. The summed E-state index contributed by atoms with van der Waals surface area (Å²) in [6, 6.07) is 57.1. The number of rotatable bonds is 4. The van der Waals surface area contributed by atoms with Gasteiger partial charge >= 0.3 is 0 Å². The predicted octanol–water partition coefficient (Wildman–Crippen LogP) is 12.2. The number of fused-ring (bicyclic) bond motifs is 9. The lowest BCUT2D eigenvalue weighted by molar-refractivity contribution is 1.08. The van der Waals surface area contributed by atoms with Crippen LogP contribution >= 0.6 is 11.3 Å². The summed E-state index contributed by atoms with van der Waals surface area (Å²) in [6.45, 7) is 0. The third-order valence-electron chi connectivity index (χ3n) is 9.76. The highest BCUT2D eigenvalue weighted by Crippen LogP contribution is 2.44. The van der Waals surface area contributed by atoms with Gasteiger partial charge in [0.05, 0.1) is 10.3 Å². The van der Waals surface area contributed by atoms with Crippen molar-refractivity contribution in [1.82, 2.24) is 15.0 Å². The van der Waals surface area contributed by atoms with E-state index in [0.717, 1.165) is 48.0 Å². The normalized spacial score (nSPS) is 11.5. The van der Waals surface area contributed by atoms with E-state index >= 15 is 0 Å². The maximum atomic E-state index is 10.2. The molecular formula is C46H26N4S. The number of hydrogen-bond donors (Lipinski definition) is 0. The lowest BCUT2D eigenvalue weighted by Gasteiger charge is -2.12. The van der Waals surface area contributed by atoms with Crippen LogP contribution < -0.4 is 0 Å².